The van der Waals surface area contributed by atoms with Gasteiger partial charge in [-0.15, -0.1) is 0 Å². The van der Waals surface area contributed by atoms with Gasteiger partial charge in [0.2, 0.25) is 100 Å². The first kappa shape index (κ1) is 99.3. The summed E-state index contributed by atoms with van der Waals surface area (Å²) in [5.74, 6) is -25.4. The summed E-state index contributed by atoms with van der Waals surface area (Å²) in [6, 6.07) is -22.1. The Balaban J connectivity index is 3.48. The van der Waals surface area contributed by atoms with Crippen molar-refractivity contribution in [1.82, 2.24) is 74.0 Å². The Morgan fingerprint density at radius 2 is 0.795 bits per heavy atom. The lowest BCUT2D eigenvalue weighted by Gasteiger charge is -2.32. The van der Waals surface area contributed by atoms with Crippen molar-refractivity contribution in [2.45, 2.75) is 271 Å². The molecule has 42 nitrogen and oxygen atoms in total. The predicted molar refractivity (Wildman–Crippen MR) is 397 cm³/mol. The summed E-state index contributed by atoms with van der Waals surface area (Å²) in [5, 5.41) is 70.3. The second-order valence-corrected chi connectivity index (χ2v) is 29.6. The van der Waals surface area contributed by atoms with Gasteiger partial charge in [0.15, 0.2) is 0 Å². The van der Waals surface area contributed by atoms with E-state index < -0.39 is 278 Å². The topological polar surface area (TPSA) is 686 Å². The molecule has 0 aromatic carbocycles. The lowest BCUT2D eigenvalue weighted by atomic mass is 9.95. The largest absolute Gasteiger partial charge is 0.481 e. The van der Waals surface area contributed by atoms with Crippen molar-refractivity contribution in [2.24, 2.45) is 58.4 Å². The van der Waals surface area contributed by atoms with Gasteiger partial charge in [-0.3, -0.25) is 91.1 Å². The van der Waals surface area contributed by atoms with Gasteiger partial charge in [-0.25, -0.2) is 4.79 Å². The molecule has 0 aromatic rings. The fourth-order valence-electron chi connectivity index (χ4n) is 11.4. The second-order valence-electron chi connectivity index (χ2n) is 29.6. The maximum Gasteiger partial charge on any atom is 0.326 e. The summed E-state index contributed by atoms with van der Waals surface area (Å²) >= 11 is 0. The fourth-order valence-corrected chi connectivity index (χ4v) is 11.4. The first-order chi connectivity index (χ1) is 52.0. The molecule has 0 radical (unpaired) electrons. The first-order valence-electron chi connectivity index (χ1n) is 37.1. The second kappa shape index (κ2) is 48.2. The van der Waals surface area contributed by atoms with Crippen molar-refractivity contribution in [1.29, 1.82) is 0 Å². The zero-order valence-electron chi connectivity index (χ0n) is 65.9. The summed E-state index contributed by atoms with van der Waals surface area (Å²) in [6.07, 6.45) is -5.61. The number of amides is 17. The minimum absolute atomic E-state index is 0.122. The van der Waals surface area contributed by atoms with Crippen LogP contribution in [0.1, 0.15) is 180 Å². The number of aliphatic hydroxyl groups is 1. The number of rotatable bonds is 51. The molecular formula is C70H118N18O24. The molecule has 112 heavy (non-hydrogen) atoms. The van der Waals surface area contributed by atoms with Gasteiger partial charge in [0.25, 0.3) is 0 Å². The molecule has 1 fully saturated rings. The van der Waals surface area contributed by atoms with E-state index in [4.69, 9.17) is 28.0 Å². The summed E-state index contributed by atoms with van der Waals surface area (Å²) in [6.45, 7) is 21.0. The van der Waals surface area contributed by atoms with Crippen LogP contribution in [-0.4, -0.2) is 247 Å². The molecule has 0 bridgehead atoms. The number of hydrogen-bond acceptors (Lipinski definition) is 22. The van der Waals surface area contributed by atoms with Crippen molar-refractivity contribution >= 4 is 118 Å². The van der Waals surface area contributed by atoms with Crippen molar-refractivity contribution in [2.75, 3.05) is 13.1 Å². The Kier molecular flexibility index (Phi) is 42.7. The number of nitrogens with zero attached hydrogens (tertiary/aromatic N) is 1. The van der Waals surface area contributed by atoms with Crippen molar-refractivity contribution < 1.29 is 116 Å². The minimum Gasteiger partial charge on any atom is -0.481 e. The number of carboxylic acid groups (broad SMARTS) is 3. The van der Waals surface area contributed by atoms with Gasteiger partial charge in [0, 0.05) is 19.4 Å². The van der Waals surface area contributed by atoms with Crippen LogP contribution in [0.2, 0.25) is 0 Å². The van der Waals surface area contributed by atoms with E-state index in [1.165, 1.54) is 0 Å². The highest BCUT2D eigenvalue weighted by molar-refractivity contribution is 6.02. The molecule has 0 saturated carbocycles. The van der Waals surface area contributed by atoms with E-state index in [1.807, 2.05) is 0 Å². The number of aliphatic carboxylic acids is 3. The molecule has 17 atom stereocenters. The van der Waals surface area contributed by atoms with Crippen LogP contribution in [0.5, 0.6) is 0 Å². The van der Waals surface area contributed by atoms with Crippen LogP contribution in [0.15, 0.2) is 0 Å². The van der Waals surface area contributed by atoms with E-state index in [2.05, 4.69) is 69.1 Å². The highest BCUT2D eigenvalue weighted by Gasteiger charge is 2.42. The van der Waals surface area contributed by atoms with E-state index in [0.717, 1.165) is 18.7 Å². The Morgan fingerprint density at radius 3 is 1.24 bits per heavy atom. The van der Waals surface area contributed by atoms with E-state index >= 15 is 0 Å². The number of hydrogen-bond donors (Lipinski definition) is 21. The minimum atomic E-state index is -1.94. The molecule has 0 spiro atoms. The predicted octanol–water partition coefficient (Wildman–Crippen LogP) is -6.42. The summed E-state index contributed by atoms with van der Waals surface area (Å²) < 4.78 is 0. The van der Waals surface area contributed by atoms with Gasteiger partial charge in [-0.1, -0.05) is 95.9 Å². The lowest BCUT2D eigenvalue weighted by Crippen LogP contribution is -2.63. The number of carbonyl (C=O) groups is 20. The third-order valence-corrected chi connectivity index (χ3v) is 18.2. The monoisotopic (exact) mass is 1590 g/mol. The van der Waals surface area contributed by atoms with Gasteiger partial charge in [0.05, 0.1) is 38.0 Å². The molecule has 1 aliphatic rings. The highest BCUT2D eigenvalue weighted by Crippen LogP contribution is 2.22. The van der Waals surface area contributed by atoms with Gasteiger partial charge < -0.3 is 117 Å². The first-order valence-corrected chi connectivity index (χ1v) is 37.1. The van der Waals surface area contributed by atoms with Crippen LogP contribution in [0, 0.1) is 35.5 Å². The standard InChI is InChI=1S/C70H118N18O24/c1-15-34(11)54(67(108)81-41(25-31(5)6)64(105)87-56(37(14)89)68(109)82-44(28-51(96)97)59(100)75-29-49(93)83-55(35(12)16-2)69(110)88-23-17-18-45(88)70(111)112)86-66(107)53(33(9)10)85-65(106)52(32(7)8)84-63(104)40(24-30(3)4)80-60(101)39(20-21-46(72)90)77-62(103)43(27-48(74)92)78-57(98)36(13)76-61(102)42(26-47(73)91)79-58(99)38(71)19-22-50(94)95/h30-45,52-56,89H,15-29,71H2,1-14H3,(H2,72,90)(H2,73,91)(H2,74,92)(H,75,100)(H,76,102)(H,77,103)(H,78,98)(H,79,99)(H,80,101)(H,81,108)(H,82,109)(H,83,93)(H,84,104)(H,85,106)(H,86,107)(H,87,105)(H,94,95)(H,96,97)(H,111,112)/t34-,35-,36-,37+,38-,39-,40-,41-,42-,43-,44-,45-,52-,53-,54-,55-,56-/m0/s1. The lowest BCUT2D eigenvalue weighted by molar-refractivity contribution is -0.150. The molecule has 0 aromatic heterocycles. The Hall–Kier alpha value is -10.7. The molecule has 0 aliphatic carbocycles. The zero-order chi connectivity index (χ0) is 86.0. The number of primary amides is 3. The molecule has 1 heterocycles. The van der Waals surface area contributed by atoms with Gasteiger partial charge in [-0.05, 0) is 87.9 Å². The number of carbonyl (C=O) groups excluding carboxylic acids is 17. The van der Waals surface area contributed by atoms with Crippen molar-refractivity contribution in [3.05, 3.63) is 0 Å². The number of carboxylic acids is 3. The Bertz CT molecular complexity index is 3370. The van der Waals surface area contributed by atoms with Crippen LogP contribution >= 0.6 is 0 Å². The SMILES string of the molecule is CC[C@H](C)[C@H](NC(=O)[C@@H](NC(=O)[C@@H](NC(=O)[C@H](CC(C)C)NC(=O)[C@H](CCC(N)=O)NC(=O)[C@H](CC(N)=O)NC(=O)[C@H](C)NC(=O)[C@H](CC(N)=O)NC(=O)[C@@H](N)CCC(=O)O)C(C)C)C(C)C)C(=O)N[C@@H](CC(C)C)C(=O)N[C@H](C(=O)N[C@@H](CC(=O)O)C(=O)NCC(=O)N[C@H](C(=O)N1CCC[C@H]1C(=O)O)[C@@H](C)CC)[C@@H](C)O. The smallest absolute Gasteiger partial charge is 0.326 e. The average Bonchev–Trinajstić information content (AvgIpc) is 1.46. The molecule has 1 saturated heterocycles. The molecular weight excluding hydrogens is 1480 g/mol. The van der Waals surface area contributed by atoms with E-state index in [9.17, 15) is 111 Å². The number of nitrogens with one attached hydrogen (secondary N) is 13. The Labute approximate surface area is 649 Å². The van der Waals surface area contributed by atoms with Crippen LogP contribution < -0.4 is 92.1 Å². The van der Waals surface area contributed by atoms with Gasteiger partial charge >= 0.3 is 17.9 Å². The quantitative estimate of drug-likeness (QED) is 0.0269. The van der Waals surface area contributed by atoms with E-state index in [1.54, 1.807) is 83.1 Å². The maximum absolute atomic E-state index is 14.5. The maximum atomic E-state index is 14.5. The normalized spacial score (nSPS) is 16.9. The molecule has 17 amide bonds. The highest BCUT2D eigenvalue weighted by atomic mass is 16.4. The van der Waals surface area contributed by atoms with E-state index in [0.29, 0.717) is 12.8 Å². The Morgan fingerprint density at radius 1 is 0.402 bits per heavy atom. The van der Waals surface area contributed by atoms with Crippen LogP contribution in [0.25, 0.3) is 0 Å². The molecule has 1 rings (SSSR count). The summed E-state index contributed by atoms with van der Waals surface area (Å²) in [4.78, 5) is 266. The van der Waals surface area contributed by atoms with Gasteiger partial charge in [-0.2, -0.15) is 0 Å². The molecule has 0 unspecified atom stereocenters. The molecule has 25 N–H and O–H groups in total. The third-order valence-electron chi connectivity index (χ3n) is 18.2. The van der Waals surface area contributed by atoms with Crippen molar-refractivity contribution in [3.8, 4) is 0 Å². The average molecular weight is 1600 g/mol. The summed E-state index contributed by atoms with van der Waals surface area (Å²) in [7, 11) is 0. The van der Waals surface area contributed by atoms with Crippen LogP contribution in [0.3, 0.4) is 0 Å². The molecule has 632 valence electrons. The van der Waals surface area contributed by atoms with Crippen molar-refractivity contribution in [3.63, 3.8) is 0 Å². The summed E-state index contributed by atoms with van der Waals surface area (Å²) in [5.41, 5.74) is 21.8. The molecule has 42 heteroatoms. The number of nitrogens with two attached hydrogens (primary N) is 4. The van der Waals surface area contributed by atoms with Crippen LogP contribution in [0.4, 0.5) is 0 Å². The fraction of sp³-hybridized carbons (Fsp3) is 0.714. The number of likely N-dealkylation sites (tertiary alicyclic amines) is 1. The van der Waals surface area contributed by atoms with Gasteiger partial charge in [0.1, 0.15) is 78.5 Å². The third kappa shape index (κ3) is 34.7. The number of aliphatic hydroxyl groups excluding tert-OH is 1. The van der Waals surface area contributed by atoms with E-state index in [-0.39, 0.29) is 50.5 Å². The van der Waals surface area contributed by atoms with Crippen LogP contribution in [-0.2, 0) is 95.9 Å². The molecule has 1 aliphatic heterocycles. The zero-order valence-corrected chi connectivity index (χ0v) is 65.9.